The predicted octanol–water partition coefficient (Wildman–Crippen LogP) is 11.8. The molecule has 56 heavy (non-hydrogen) atoms. The second-order valence-electron chi connectivity index (χ2n) is 14.1. The number of ether oxygens (including phenoxy) is 8. The second kappa shape index (κ2) is 19.4. The van der Waals surface area contributed by atoms with Crippen LogP contribution >= 0.6 is 0 Å². The molecular formula is C48H64O8. The lowest BCUT2D eigenvalue weighted by Crippen LogP contribution is -2.13. The van der Waals surface area contributed by atoms with Gasteiger partial charge in [-0.25, -0.2) is 0 Å². The third-order valence-corrected chi connectivity index (χ3v) is 10.7. The molecule has 5 rings (SSSR count). The van der Waals surface area contributed by atoms with Gasteiger partial charge in [-0.2, -0.15) is 0 Å². The normalized spacial score (nSPS) is 17.5. The molecule has 8 nitrogen and oxygen atoms in total. The molecule has 0 saturated heterocycles. The fourth-order valence-corrected chi connectivity index (χ4v) is 8.00. The highest BCUT2D eigenvalue weighted by Crippen LogP contribution is 2.50. The van der Waals surface area contributed by atoms with Gasteiger partial charge in [0.05, 0.1) is 52.9 Å². The molecule has 4 aromatic carbocycles. The van der Waals surface area contributed by atoms with Crippen LogP contribution < -0.4 is 37.9 Å². The molecule has 304 valence electrons. The van der Waals surface area contributed by atoms with Crippen molar-refractivity contribution in [3.8, 4) is 46.0 Å². The summed E-state index contributed by atoms with van der Waals surface area (Å²) in [5.41, 5.74) is 8.36. The Morgan fingerprint density at radius 3 is 0.482 bits per heavy atom. The van der Waals surface area contributed by atoms with Crippen LogP contribution in [0, 0.1) is 0 Å². The lowest BCUT2D eigenvalue weighted by atomic mass is 9.80. The van der Waals surface area contributed by atoms with Crippen LogP contribution in [0.4, 0.5) is 0 Å². The van der Waals surface area contributed by atoms with Gasteiger partial charge in [0, 0.05) is 92.4 Å². The number of fused-ring (bicyclic) bond motifs is 8. The minimum atomic E-state index is -0.126. The Hall–Kier alpha value is -4.72. The van der Waals surface area contributed by atoms with Gasteiger partial charge >= 0.3 is 0 Å². The molecule has 4 aromatic rings. The van der Waals surface area contributed by atoms with Crippen LogP contribution in [0.25, 0.3) is 0 Å². The topological polar surface area (TPSA) is 73.8 Å². The van der Waals surface area contributed by atoms with E-state index in [9.17, 15) is 0 Å². The van der Waals surface area contributed by atoms with Gasteiger partial charge in [0.25, 0.3) is 0 Å². The maximum absolute atomic E-state index is 6.42. The van der Waals surface area contributed by atoms with Crippen molar-refractivity contribution in [1.29, 1.82) is 0 Å². The van der Waals surface area contributed by atoms with Crippen molar-refractivity contribution in [2.24, 2.45) is 0 Å². The summed E-state index contributed by atoms with van der Waals surface area (Å²) in [6.45, 7) is 29.2. The first-order chi connectivity index (χ1) is 27.1. The van der Waals surface area contributed by atoms with Crippen LogP contribution in [0.2, 0.25) is 0 Å². The first-order valence-electron chi connectivity index (χ1n) is 20.8. The van der Waals surface area contributed by atoms with Gasteiger partial charge in [0.2, 0.25) is 0 Å². The van der Waals surface area contributed by atoms with Crippen molar-refractivity contribution in [1.82, 2.24) is 0 Å². The average Bonchev–Trinajstić information content (AvgIpc) is 3.18. The molecule has 0 N–H and O–H groups in total. The first-order valence-corrected chi connectivity index (χ1v) is 20.8. The van der Waals surface area contributed by atoms with E-state index in [1.165, 1.54) is 0 Å². The lowest BCUT2D eigenvalue weighted by Gasteiger charge is -2.29. The third-order valence-electron chi connectivity index (χ3n) is 10.7. The Bertz CT molecular complexity index is 1540. The second-order valence-corrected chi connectivity index (χ2v) is 14.1. The van der Waals surface area contributed by atoms with Crippen molar-refractivity contribution in [3.63, 3.8) is 0 Å². The van der Waals surface area contributed by atoms with Crippen LogP contribution in [0.1, 0.15) is 151 Å². The molecule has 1 aliphatic carbocycles. The van der Waals surface area contributed by atoms with Crippen LogP contribution in [0.5, 0.6) is 46.0 Å². The van der Waals surface area contributed by atoms with Gasteiger partial charge < -0.3 is 37.9 Å². The molecule has 0 amide bonds. The van der Waals surface area contributed by atoms with E-state index < -0.39 is 0 Å². The molecule has 0 spiro atoms. The van der Waals surface area contributed by atoms with Crippen molar-refractivity contribution in [2.45, 2.75) is 107 Å². The number of hydrogen-bond donors (Lipinski definition) is 0. The summed E-state index contributed by atoms with van der Waals surface area (Å²) in [6, 6.07) is 17.3. The van der Waals surface area contributed by atoms with Crippen LogP contribution in [0.15, 0.2) is 48.5 Å². The Labute approximate surface area is 335 Å². The molecule has 0 fully saturated rings. The smallest absolute Gasteiger partial charge is 0.126 e. The van der Waals surface area contributed by atoms with E-state index >= 15 is 0 Å². The van der Waals surface area contributed by atoms with E-state index in [1.807, 2.05) is 55.4 Å². The highest BCUT2D eigenvalue weighted by Gasteiger charge is 2.31. The Kier molecular flexibility index (Phi) is 14.7. The highest BCUT2D eigenvalue weighted by atomic mass is 16.5. The largest absolute Gasteiger partial charge is 0.493 e. The summed E-state index contributed by atoms with van der Waals surface area (Å²) < 4.78 is 51.4. The maximum Gasteiger partial charge on any atom is 0.126 e. The third kappa shape index (κ3) is 8.64. The molecule has 0 saturated carbocycles. The van der Waals surface area contributed by atoms with E-state index in [-0.39, 0.29) is 23.7 Å². The lowest BCUT2D eigenvalue weighted by molar-refractivity contribution is 0.311. The van der Waals surface area contributed by atoms with Crippen molar-refractivity contribution < 1.29 is 37.9 Å². The van der Waals surface area contributed by atoms with Crippen LogP contribution in [-0.4, -0.2) is 52.9 Å². The summed E-state index contributed by atoms with van der Waals surface area (Å²) in [5, 5.41) is 0. The minimum absolute atomic E-state index is 0.126. The average molecular weight is 769 g/mol. The summed E-state index contributed by atoms with van der Waals surface area (Å²) in [4.78, 5) is 0. The molecule has 1 aliphatic rings. The van der Waals surface area contributed by atoms with Gasteiger partial charge in [-0.3, -0.25) is 0 Å². The predicted molar refractivity (Wildman–Crippen MR) is 225 cm³/mol. The zero-order valence-corrected chi connectivity index (χ0v) is 35.9. The fourth-order valence-electron chi connectivity index (χ4n) is 8.00. The zero-order chi connectivity index (χ0) is 40.5. The highest BCUT2D eigenvalue weighted by molar-refractivity contribution is 5.62. The fraction of sp³-hybridized carbons (Fsp3) is 0.500. The number of rotatable bonds is 16. The maximum atomic E-state index is 6.42. The van der Waals surface area contributed by atoms with Gasteiger partial charge in [-0.05, 0) is 79.7 Å². The van der Waals surface area contributed by atoms with Crippen LogP contribution in [-0.2, 0) is 0 Å². The van der Waals surface area contributed by atoms with Gasteiger partial charge in [0.15, 0.2) is 0 Å². The summed E-state index contributed by atoms with van der Waals surface area (Å²) in [5.74, 6) is 5.77. The van der Waals surface area contributed by atoms with E-state index in [4.69, 9.17) is 37.9 Å². The number of hydrogen-bond acceptors (Lipinski definition) is 8. The van der Waals surface area contributed by atoms with E-state index in [0.29, 0.717) is 52.9 Å². The molecule has 0 aliphatic heterocycles. The summed E-state index contributed by atoms with van der Waals surface area (Å²) in [7, 11) is 0. The van der Waals surface area contributed by atoms with Gasteiger partial charge in [-0.15, -0.1) is 0 Å². The minimum Gasteiger partial charge on any atom is -0.493 e. The Morgan fingerprint density at radius 1 is 0.250 bits per heavy atom. The summed E-state index contributed by atoms with van der Waals surface area (Å²) >= 11 is 0. The van der Waals surface area contributed by atoms with Crippen molar-refractivity contribution in [3.05, 3.63) is 93.0 Å². The molecule has 0 heterocycles. The van der Waals surface area contributed by atoms with Crippen LogP contribution in [0.3, 0.4) is 0 Å². The molecule has 0 atom stereocenters. The number of benzene rings is 4. The standard InChI is InChI=1S/C48H64O8/c1-13-49-41-25-42(50-14-2)34-21-33(41)29(9)35-22-36(44(52-16-4)26-43(35)51-15-3)31(11)39-24-40(48(56-20-8)28-47(39)55-19-7)32(12)38-23-37(30(34)10)45(53-17-5)27-46(38)54-18-6/h21-32H,13-20H2,1-12H3. The van der Waals surface area contributed by atoms with Gasteiger partial charge in [-0.1, -0.05) is 27.7 Å². The van der Waals surface area contributed by atoms with E-state index in [0.717, 1.165) is 90.5 Å². The van der Waals surface area contributed by atoms with E-state index in [1.54, 1.807) is 0 Å². The molecule has 8 heteroatoms. The molecule has 0 radical (unpaired) electrons. The Morgan fingerprint density at radius 2 is 0.375 bits per heavy atom. The van der Waals surface area contributed by atoms with Crippen molar-refractivity contribution >= 4 is 0 Å². The zero-order valence-electron chi connectivity index (χ0n) is 35.9. The quantitative estimate of drug-likeness (QED) is 0.112. The Balaban J connectivity index is 1.98. The monoisotopic (exact) mass is 768 g/mol. The molecular weight excluding hydrogens is 705 g/mol. The van der Waals surface area contributed by atoms with Gasteiger partial charge in [0.1, 0.15) is 46.0 Å². The van der Waals surface area contributed by atoms with Crippen molar-refractivity contribution in [2.75, 3.05) is 52.9 Å². The first kappa shape index (κ1) is 42.4. The SMILES string of the molecule is CCOc1cc(OCC)c2cc1C(C)c1cc(c(OCC)cc1OCC)C(C)c1cc(c(OCC)cc1OCC)C(C)c1cc(c(OCC)cc1OCC)C2C. The molecule has 0 unspecified atom stereocenters. The summed E-state index contributed by atoms with van der Waals surface area (Å²) in [6.07, 6.45) is 0. The molecule has 8 bridgehead atoms. The molecule has 0 aromatic heterocycles. The van der Waals surface area contributed by atoms with E-state index in [2.05, 4.69) is 76.2 Å².